The third-order valence-electron chi connectivity index (χ3n) is 3.60. The summed E-state index contributed by atoms with van der Waals surface area (Å²) in [5, 5.41) is 3.23. The van der Waals surface area contributed by atoms with Crippen LogP contribution < -0.4 is 5.32 Å². The summed E-state index contributed by atoms with van der Waals surface area (Å²) in [6.45, 7) is 3.60. The van der Waals surface area contributed by atoms with Crippen molar-refractivity contribution in [3.8, 4) is 0 Å². The Morgan fingerprint density at radius 1 is 1.29 bits per heavy atom. The molecule has 1 aliphatic heterocycles. The Labute approximate surface area is 125 Å². The second-order valence-electron chi connectivity index (χ2n) is 5.54. The van der Waals surface area contributed by atoms with E-state index >= 15 is 0 Å². The van der Waals surface area contributed by atoms with Gasteiger partial charge in [-0.15, -0.1) is 0 Å². The van der Waals surface area contributed by atoms with Crippen LogP contribution in [0.25, 0.3) is 0 Å². The number of hydrogen-bond acceptors (Lipinski definition) is 3. The van der Waals surface area contributed by atoms with Crippen LogP contribution in [-0.2, 0) is 10.0 Å². The van der Waals surface area contributed by atoms with Gasteiger partial charge in [-0.05, 0) is 32.2 Å². The molecule has 1 saturated heterocycles. The first-order chi connectivity index (χ1) is 9.74. The number of halogens is 3. The van der Waals surface area contributed by atoms with Crippen molar-refractivity contribution in [2.24, 2.45) is 0 Å². The smallest absolute Gasteiger partial charge is 0.313 e. The minimum atomic E-state index is -4.29. The van der Waals surface area contributed by atoms with Crippen molar-refractivity contribution in [3.63, 3.8) is 0 Å². The Kier molecular flexibility index (Phi) is 7.42. The Morgan fingerprint density at radius 2 is 2.00 bits per heavy atom. The number of alkyl halides is 3. The van der Waals surface area contributed by atoms with E-state index in [1.165, 1.54) is 4.31 Å². The van der Waals surface area contributed by atoms with Gasteiger partial charge in [0.25, 0.3) is 0 Å². The lowest BCUT2D eigenvalue weighted by atomic mass is 10.2. The second kappa shape index (κ2) is 8.33. The summed E-state index contributed by atoms with van der Waals surface area (Å²) in [5.41, 5.74) is 0. The number of nitrogens with one attached hydrogen (secondary N) is 1. The molecule has 0 aliphatic carbocycles. The molecule has 0 radical (unpaired) electrons. The van der Waals surface area contributed by atoms with E-state index < -0.39 is 28.4 Å². The van der Waals surface area contributed by atoms with Crippen LogP contribution in [0.3, 0.4) is 0 Å². The number of nitrogens with zero attached hydrogens (tertiary/aromatic N) is 1. The fourth-order valence-electron chi connectivity index (χ4n) is 2.42. The molecular formula is C13H25F3N2O2S. The third-order valence-corrected chi connectivity index (χ3v) is 5.53. The summed E-state index contributed by atoms with van der Waals surface area (Å²) in [6.07, 6.45) is -2.20. The van der Waals surface area contributed by atoms with Crippen LogP contribution in [0, 0.1) is 0 Å². The monoisotopic (exact) mass is 330 g/mol. The average Bonchev–Trinajstić information content (AvgIpc) is 2.85. The van der Waals surface area contributed by atoms with Crippen LogP contribution in [-0.4, -0.2) is 50.3 Å². The maximum atomic E-state index is 12.2. The SMILES string of the molecule is CCCCN(CC1CCCN1)S(=O)(=O)CCCC(F)(F)F. The molecule has 0 saturated carbocycles. The number of rotatable bonds is 9. The normalized spacial score (nSPS) is 20.3. The fraction of sp³-hybridized carbons (Fsp3) is 1.00. The van der Waals surface area contributed by atoms with Gasteiger partial charge in [-0.1, -0.05) is 13.3 Å². The Morgan fingerprint density at radius 3 is 2.52 bits per heavy atom. The summed E-state index contributed by atoms with van der Waals surface area (Å²) in [6, 6.07) is 0.124. The van der Waals surface area contributed by atoms with Crippen LogP contribution in [0.15, 0.2) is 0 Å². The van der Waals surface area contributed by atoms with E-state index in [1.807, 2.05) is 6.92 Å². The van der Waals surface area contributed by atoms with Crippen LogP contribution in [0.1, 0.15) is 45.4 Å². The van der Waals surface area contributed by atoms with Crippen molar-refractivity contribution < 1.29 is 21.6 Å². The summed E-state index contributed by atoms with van der Waals surface area (Å²) in [7, 11) is -3.61. The van der Waals surface area contributed by atoms with Crippen molar-refractivity contribution in [2.45, 2.75) is 57.7 Å². The van der Waals surface area contributed by atoms with E-state index in [1.54, 1.807) is 0 Å². The Hall–Kier alpha value is -0.340. The van der Waals surface area contributed by atoms with E-state index in [0.29, 0.717) is 13.1 Å². The third kappa shape index (κ3) is 7.46. The molecular weight excluding hydrogens is 305 g/mol. The Bertz CT molecular complexity index is 393. The summed E-state index contributed by atoms with van der Waals surface area (Å²) >= 11 is 0. The van der Waals surface area contributed by atoms with E-state index in [-0.39, 0.29) is 12.5 Å². The van der Waals surface area contributed by atoms with Crippen LogP contribution in [0.5, 0.6) is 0 Å². The standard InChI is InChI=1S/C13H25F3N2O2S/c1-2-3-9-18(11-12-6-4-8-17-12)21(19,20)10-5-7-13(14,15)16/h12,17H,2-11H2,1H3. The topological polar surface area (TPSA) is 49.4 Å². The van der Waals surface area contributed by atoms with Gasteiger partial charge in [0, 0.05) is 25.6 Å². The van der Waals surface area contributed by atoms with Gasteiger partial charge in [0.2, 0.25) is 10.0 Å². The number of sulfonamides is 1. The highest BCUT2D eigenvalue weighted by molar-refractivity contribution is 7.89. The zero-order chi connectivity index (χ0) is 15.9. The van der Waals surface area contributed by atoms with Gasteiger partial charge in [0.1, 0.15) is 0 Å². The molecule has 0 bridgehead atoms. The average molecular weight is 330 g/mol. The first-order valence-electron chi connectivity index (χ1n) is 7.52. The predicted octanol–water partition coefficient (Wildman–Crippen LogP) is 2.51. The van der Waals surface area contributed by atoms with E-state index in [0.717, 1.165) is 32.2 Å². The first-order valence-corrected chi connectivity index (χ1v) is 9.13. The van der Waals surface area contributed by atoms with Crippen LogP contribution >= 0.6 is 0 Å². The highest BCUT2D eigenvalue weighted by Crippen LogP contribution is 2.22. The van der Waals surface area contributed by atoms with Crippen molar-refractivity contribution in [2.75, 3.05) is 25.4 Å². The zero-order valence-corrected chi connectivity index (χ0v) is 13.3. The van der Waals surface area contributed by atoms with Crippen molar-refractivity contribution in [3.05, 3.63) is 0 Å². The molecule has 0 spiro atoms. The lowest BCUT2D eigenvalue weighted by Gasteiger charge is -2.25. The summed E-state index contributed by atoms with van der Waals surface area (Å²) < 4.78 is 62.3. The molecule has 1 N–H and O–H groups in total. The number of unbranched alkanes of at least 4 members (excludes halogenated alkanes) is 1. The van der Waals surface area contributed by atoms with E-state index in [4.69, 9.17) is 0 Å². The molecule has 0 aromatic carbocycles. The predicted molar refractivity (Wildman–Crippen MR) is 76.6 cm³/mol. The van der Waals surface area contributed by atoms with E-state index in [9.17, 15) is 21.6 Å². The Balaban J connectivity index is 2.56. The molecule has 1 aliphatic rings. The number of hydrogen-bond donors (Lipinski definition) is 1. The highest BCUT2D eigenvalue weighted by Gasteiger charge is 2.30. The molecule has 8 heteroatoms. The molecule has 1 unspecified atom stereocenters. The molecule has 1 fully saturated rings. The van der Waals surface area contributed by atoms with Gasteiger partial charge in [0.05, 0.1) is 5.75 Å². The molecule has 21 heavy (non-hydrogen) atoms. The quantitative estimate of drug-likeness (QED) is 0.707. The second-order valence-corrected chi connectivity index (χ2v) is 7.63. The van der Waals surface area contributed by atoms with Crippen LogP contribution in [0.2, 0.25) is 0 Å². The molecule has 1 atom stereocenters. The zero-order valence-electron chi connectivity index (χ0n) is 12.5. The maximum absolute atomic E-state index is 12.2. The van der Waals surface area contributed by atoms with Gasteiger partial charge >= 0.3 is 6.18 Å². The van der Waals surface area contributed by atoms with Gasteiger partial charge in [-0.25, -0.2) is 12.7 Å². The molecule has 4 nitrogen and oxygen atoms in total. The molecule has 1 heterocycles. The van der Waals surface area contributed by atoms with Gasteiger partial charge in [0.15, 0.2) is 0 Å². The van der Waals surface area contributed by atoms with Crippen molar-refractivity contribution in [1.29, 1.82) is 0 Å². The molecule has 0 aromatic heterocycles. The first kappa shape index (κ1) is 18.7. The van der Waals surface area contributed by atoms with Gasteiger partial charge in [-0.2, -0.15) is 13.2 Å². The lowest BCUT2D eigenvalue weighted by molar-refractivity contribution is -0.134. The summed E-state index contributed by atoms with van der Waals surface area (Å²) in [4.78, 5) is 0. The van der Waals surface area contributed by atoms with Crippen LogP contribution in [0.4, 0.5) is 13.2 Å². The molecule has 0 aromatic rings. The summed E-state index contributed by atoms with van der Waals surface area (Å²) in [5.74, 6) is -0.428. The molecule has 0 amide bonds. The van der Waals surface area contributed by atoms with Crippen molar-refractivity contribution in [1.82, 2.24) is 9.62 Å². The minimum absolute atomic E-state index is 0.124. The molecule has 126 valence electrons. The van der Waals surface area contributed by atoms with Gasteiger partial charge < -0.3 is 5.32 Å². The fourth-order valence-corrected chi connectivity index (χ4v) is 4.00. The maximum Gasteiger partial charge on any atom is 0.389 e. The van der Waals surface area contributed by atoms with Crippen molar-refractivity contribution >= 4 is 10.0 Å². The minimum Gasteiger partial charge on any atom is -0.313 e. The highest BCUT2D eigenvalue weighted by atomic mass is 32.2. The largest absolute Gasteiger partial charge is 0.389 e. The van der Waals surface area contributed by atoms with Gasteiger partial charge in [-0.3, -0.25) is 0 Å². The van der Waals surface area contributed by atoms with E-state index in [2.05, 4.69) is 5.32 Å². The lowest BCUT2D eigenvalue weighted by Crippen LogP contribution is -2.42. The molecule has 1 rings (SSSR count).